The molecule has 0 aliphatic heterocycles. The van der Waals surface area contributed by atoms with Gasteiger partial charge in [-0.3, -0.25) is 14.9 Å². The van der Waals surface area contributed by atoms with Crippen molar-refractivity contribution in [3.05, 3.63) is 47.0 Å². The second kappa shape index (κ2) is 6.58. The Bertz CT molecular complexity index is 608. The summed E-state index contributed by atoms with van der Waals surface area (Å²) < 4.78 is 4.85. The third-order valence-electron chi connectivity index (χ3n) is 2.30. The fourth-order valence-electron chi connectivity index (χ4n) is 1.35. The van der Waals surface area contributed by atoms with Gasteiger partial charge in [-0.1, -0.05) is 12.1 Å². The van der Waals surface area contributed by atoms with E-state index in [1.165, 1.54) is 35.6 Å². The number of ether oxygens (including phenoxy) is 1. The number of aromatic nitrogens is 1. The molecule has 0 radical (unpaired) electrons. The monoisotopic (exact) mass is 290 g/mol. The van der Waals surface area contributed by atoms with Crippen LogP contribution in [0.2, 0.25) is 0 Å². The number of carbonyl (C=O) groups is 3. The molecular weight excluding hydrogens is 280 g/mol. The number of aldehydes is 1. The van der Waals surface area contributed by atoms with Crippen molar-refractivity contribution in [2.75, 3.05) is 11.9 Å². The van der Waals surface area contributed by atoms with Crippen molar-refractivity contribution in [3.8, 4) is 0 Å². The average molecular weight is 290 g/mol. The number of esters is 1. The molecule has 1 aromatic heterocycles. The van der Waals surface area contributed by atoms with Crippen LogP contribution in [0.15, 0.2) is 35.8 Å². The number of hydrogen-bond acceptors (Lipinski definition) is 6. The third-order valence-corrected chi connectivity index (χ3v) is 2.98. The summed E-state index contributed by atoms with van der Waals surface area (Å²) in [5.74, 6) is -1.09. The topological polar surface area (TPSA) is 85.4 Å². The first-order valence-corrected chi connectivity index (χ1v) is 6.48. The van der Waals surface area contributed by atoms with Crippen LogP contribution in [-0.4, -0.2) is 29.8 Å². The van der Waals surface area contributed by atoms with E-state index in [-0.39, 0.29) is 5.56 Å². The molecule has 0 saturated heterocycles. The zero-order valence-corrected chi connectivity index (χ0v) is 11.1. The van der Waals surface area contributed by atoms with Crippen molar-refractivity contribution in [1.29, 1.82) is 0 Å². The molecule has 0 aliphatic carbocycles. The average Bonchev–Trinajstić information content (AvgIpc) is 2.97. The smallest absolute Gasteiger partial charge is 0.338 e. The van der Waals surface area contributed by atoms with Gasteiger partial charge < -0.3 is 4.74 Å². The maximum Gasteiger partial charge on any atom is 0.338 e. The summed E-state index contributed by atoms with van der Waals surface area (Å²) in [6, 6.07) is 5.92. The number of anilines is 1. The fraction of sp³-hybridized carbons (Fsp3) is 0.0769. The van der Waals surface area contributed by atoms with E-state index in [1.54, 1.807) is 11.6 Å². The van der Waals surface area contributed by atoms with Gasteiger partial charge in [-0.15, -0.1) is 11.3 Å². The highest BCUT2D eigenvalue weighted by atomic mass is 32.1. The van der Waals surface area contributed by atoms with Crippen LogP contribution < -0.4 is 5.32 Å². The minimum Gasteiger partial charge on any atom is -0.452 e. The highest BCUT2D eigenvalue weighted by molar-refractivity contribution is 7.13. The van der Waals surface area contributed by atoms with E-state index in [0.717, 1.165) is 0 Å². The normalized spacial score (nSPS) is 9.80. The molecule has 7 heteroatoms. The number of benzene rings is 1. The predicted molar refractivity (Wildman–Crippen MR) is 72.9 cm³/mol. The molecule has 2 rings (SSSR count). The molecule has 0 unspecified atom stereocenters. The molecule has 1 N–H and O–H groups in total. The maximum atomic E-state index is 11.6. The molecule has 1 aromatic carbocycles. The van der Waals surface area contributed by atoms with Crippen molar-refractivity contribution in [1.82, 2.24) is 4.98 Å². The van der Waals surface area contributed by atoms with Crippen LogP contribution in [0, 0.1) is 0 Å². The lowest BCUT2D eigenvalue weighted by Gasteiger charge is -2.04. The third kappa shape index (κ3) is 3.72. The molecule has 0 fully saturated rings. The quantitative estimate of drug-likeness (QED) is 0.669. The second-order valence-electron chi connectivity index (χ2n) is 3.70. The van der Waals surface area contributed by atoms with Crippen molar-refractivity contribution >= 4 is 34.6 Å². The van der Waals surface area contributed by atoms with E-state index in [0.29, 0.717) is 17.0 Å². The van der Waals surface area contributed by atoms with Crippen molar-refractivity contribution in [2.45, 2.75) is 0 Å². The molecule has 0 spiro atoms. The maximum absolute atomic E-state index is 11.6. The summed E-state index contributed by atoms with van der Waals surface area (Å²) in [6.45, 7) is -0.395. The Labute approximate surface area is 118 Å². The first-order chi connectivity index (χ1) is 9.69. The molecule has 1 heterocycles. The first-order valence-electron chi connectivity index (χ1n) is 5.61. The van der Waals surface area contributed by atoms with Crippen LogP contribution in [0.3, 0.4) is 0 Å². The predicted octanol–water partition coefficient (Wildman–Crippen LogP) is 1.75. The number of amides is 1. The summed E-state index contributed by atoms with van der Waals surface area (Å²) in [5, 5.41) is 4.66. The number of hydrogen-bond donors (Lipinski definition) is 1. The Kier molecular flexibility index (Phi) is 4.56. The molecule has 0 saturated carbocycles. The molecule has 6 nitrogen and oxygen atoms in total. The summed E-state index contributed by atoms with van der Waals surface area (Å²) in [6.07, 6.45) is 2.23. The lowest BCUT2D eigenvalue weighted by atomic mass is 10.1. The summed E-state index contributed by atoms with van der Waals surface area (Å²) in [4.78, 5) is 37.5. The molecular formula is C13H10N2O4S. The van der Waals surface area contributed by atoms with Crippen LogP contribution in [-0.2, 0) is 9.53 Å². The van der Waals surface area contributed by atoms with Crippen molar-refractivity contribution in [3.63, 3.8) is 0 Å². The van der Waals surface area contributed by atoms with E-state index in [2.05, 4.69) is 10.3 Å². The second-order valence-corrected chi connectivity index (χ2v) is 4.60. The zero-order chi connectivity index (χ0) is 14.4. The van der Waals surface area contributed by atoms with Gasteiger partial charge in [-0.25, -0.2) is 9.78 Å². The minimum atomic E-state index is -0.628. The Morgan fingerprint density at radius 1 is 1.30 bits per heavy atom. The van der Waals surface area contributed by atoms with Crippen LogP contribution in [0.25, 0.3) is 0 Å². The fourth-order valence-corrected chi connectivity index (χ4v) is 1.90. The van der Waals surface area contributed by atoms with Crippen molar-refractivity contribution < 1.29 is 19.1 Å². The van der Waals surface area contributed by atoms with Gasteiger partial charge in [-0.05, 0) is 12.1 Å². The standard InChI is InChI=1S/C13H10N2O4S/c16-7-9-1-3-10(4-2-9)12(18)19-8-11(17)15-13-14-5-6-20-13/h1-7H,8H2,(H,14,15,17). The zero-order valence-electron chi connectivity index (χ0n) is 10.2. The molecule has 0 aliphatic rings. The summed E-state index contributed by atoms with van der Waals surface area (Å²) in [7, 11) is 0. The van der Waals surface area contributed by atoms with E-state index < -0.39 is 18.5 Å². The molecule has 0 atom stereocenters. The minimum absolute atomic E-state index is 0.276. The van der Waals surface area contributed by atoms with E-state index in [9.17, 15) is 14.4 Å². The van der Waals surface area contributed by atoms with Crippen LogP contribution >= 0.6 is 11.3 Å². The number of thiazole rings is 1. The highest BCUT2D eigenvalue weighted by Crippen LogP contribution is 2.10. The van der Waals surface area contributed by atoms with Gasteiger partial charge in [-0.2, -0.15) is 0 Å². The Morgan fingerprint density at radius 3 is 2.65 bits per heavy atom. The molecule has 1 amide bonds. The van der Waals surface area contributed by atoms with Gasteiger partial charge >= 0.3 is 5.97 Å². The van der Waals surface area contributed by atoms with Gasteiger partial charge in [0.2, 0.25) is 0 Å². The molecule has 102 valence electrons. The van der Waals surface area contributed by atoms with E-state index in [1.807, 2.05) is 0 Å². The SMILES string of the molecule is O=Cc1ccc(C(=O)OCC(=O)Nc2nccs2)cc1. The van der Waals surface area contributed by atoms with Crippen LogP contribution in [0.5, 0.6) is 0 Å². The van der Waals surface area contributed by atoms with Crippen molar-refractivity contribution in [2.24, 2.45) is 0 Å². The number of nitrogens with zero attached hydrogens (tertiary/aromatic N) is 1. The van der Waals surface area contributed by atoms with Gasteiger partial charge in [0.1, 0.15) is 6.29 Å². The molecule has 20 heavy (non-hydrogen) atoms. The first kappa shape index (κ1) is 13.9. The van der Waals surface area contributed by atoms with Crippen LogP contribution in [0.1, 0.15) is 20.7 Å². The van der Waals surface area contributed by atoms with Gasteiger partial charge in [0, 0.05) is 17.1 Å². The molecule has 2 aromatic rings. The van der Waals surface area contributed by atoms with Gasteiger partial charge in [0.15, 0.2) is 11.7 Å². The Balaban J connectivity index is 1.84. The number of carbonyl (C=O) groups excluding carboxylic acids is 3. The Hall–Kier alpha value is -2.54. The lowest BCUT2D eigenvalue weighted by molar-refractivity contribution is -0.119. The largest absolute Gasteiger partial charge is 0.452 e. The van der Waals surface area contributed by atoms with E-state index in [4.69, 9.17) is 4.74 Å². The van der Waals surface area contributed by atoms with Gasteiger partial charge in [0.25, 0.3) is 5.91 Å². The molecule has 0 bridgehead atoms. The van der Waals surface area contributed by atoms with Gasteiger partial charge in [0.05, 0.1) is 5.56 Å². The Morgan fingerprint density at radius 2 is 2.05 bits per heavy atom. The summed E-state index contributed by atoms with van der Waals surface area (Å²) >= 11 is 1.27. The van der Waals surface area contributed by atoms with Crippen LogP contribution in [0.4, 0.5) is 5.13 Å². The lowest BCUT2D eigenvalue weighted by Crippen LogP contribution is -2.20. The van der Waals surface area contributed by atoms with E-state index >= 15 is 0 Å². The number of nitrogens with one attached hydrogen (secondary N) is 1. The number of rotatable bonds is 5. The highest BCUT2D eigenvalue weighted by Gasteiger charge is 2.10. The summed E-state index contributed by atoms with van der Waals surface area (Å²) in [5.41, 5.74) is 0.737.